The lowest BCUT2D eigenvalue weighted by Gasteiger charge is -2.04. The van der Waals surface area contributed by atoms with Gasteiger partial charge < -0.3 is 0 Å². The van der Waals surface area contributed by atoms with Crippen LogP contribution >= 0.6 is 15.9 Å². The van der Waals surface area contributed by atoms with Crippen LogP contribution in [-0.2, 0) is 13.0 Å². The van der Waals surface area contributed by atoms with Crippen molar-refractivity contribution in [2.45, 2.75) is 19.9 Å². The molecule has 2 aromatic heterocycles. The fourth-order valence-electron chi connectivity index (χ4n) is 1.48. The second-order valence-corrected chi connectivity index (χ2v) is 4.27. The Balaban J connectivity index is 2.02. The minimum absolute atomic E-state index is 0.883. The van der Waals surface area contributed by atoms with E-state index < -0.39 is 0 Å². The average molecular weight is 266 g/mol. The van der Waals surface area contributed by atoms with Gasteiger partial charge in [0, 0.05) is 25.1 Å². The Morgan fingerprint density at radius 1 is 1.40 bits per heavy atom. The summed E-state index contributed by atoms with van der Waals surface area (Å²) in [5, 5.41) is 4.27. The van der Waals surface area contributed by atoms with Gasteiger partial charge in [0.05, 0.1) is 0 Å². The quantitative estimate of drug-likeness (QED) is 0.854. The number of hydrogen-bond acceptors (Lipinski definition) is 2. The summed E-state index contributed by atoms with van der Waals surface area (Å²) in [6, 6.07) is 4.01. The van der Waals surface area contributed by atoms with Gasteiger partial charge in [-0.15, -0.1) is 0 Å². The van der Waals surface area contributed by atoms with Crippen molar-refractivity contribution in [1.29, 1.82) is 0 Å². The van der Waals surface area contributed by atoms with Crippen molar-refractivity contribution >= 4 is 15.9 Å². The van der Waals surface area contributed by atoms with Crippen molar-refractivity contribution < 1.29 is 0 Å². The van der Waals surface area contributed by atoms with E-state index in [0.717, 1.165) is 17.6 Å². The number of aromatic nitrogens is 3. The molecule has 0 unspecified atom stereocenters. The Bertz CT molecular complexity index is 451. The molecule has 2 rings (SSSR count). The summed E-state index contributed by atoms with van der Waals surface area (Å²) >= 11 is 3.33. The average Bonchev–Trinajstić information content (AvgIpc) is 2.63. The van der Waals surface area contributed by atoms with Crippen LogP contribution < -0.4 is 0 Å². The SMILES string of the molecule is Cc1cnccc1CCn1ccc(Br)n1. The van der Waals surface area contributed by atoms with Crippen LogP contribution in [0, 0.1) is 6.92 Å². The van der Waals surface area contributed by atoms with Gasteiger partial charge in [-0.2, -0.15) is 5.10 Å². The highest BCUT2D eigenvalue weighted by molar-refractivity contribution is 9.10. The minimum atomic E-state index is 0.883. The Hall–Kier alpha value is -1.16. The van der Waals surface area contributed by atoms with Crippen molar-refractivity contribution in [2.75, 3.05) is 0 Å². The van der Waals surface area contributed by atoms with Gasteiger partial charge in [0.2, 0.25) is 0 Å². The first kappa shape index (κ1) is 10.4. The summed E-state index contributed by atoms with van der Waals surface area (Å²) in [6.45, 7) is 2.98. The first-order valence-corrected chi connectivity index (χ1v) is 5.63. The predicted octanol–water partition coefficient (Wildman–Crippen LogP) is 2.59. The third kappa shape index (κ3) is 2.65. The molecule has 0 N–H and O–H groups in total. The van der Waals surface area contributed by atoms with Gasteiger partial charge >= 0.3 is 0 Å². The largest absolute Gasteiger partial charge is 0.271 e. The number of pyridine rings is 1. The van der Waals surface area contributed by atoms with E-state index in [1.807, 2.05) is 29.3 Å². The van der Waals surface area contributed by atoms with Gasteiger partial charge in [0.15, 0.2) is 0 Å². The van der Waals surface area contributed by atoms with Crippen LogP contribution in [0.4, 0.5) is 0 Å². The van der Waals surface area contributed by atoms with E-state index in [0.29, 0.717) is 0 Å². The maximum atomic E-state index is 4.27. The molecule has 0 saturated heterocycles. The van der Waals surface area contributed by atoms with Crippen LogP contribution in [0.2, 0.25) is 0 Å². The molecule has 0 spiro atoms. The van der Waals surface area contributed by atoms with E-state index in [2.05, 4.69) is 39.0 Å². The van der Waals surface area contributed by atoms with E-state index in [4.69, 9.17) is 0 Å². The smallest absolute Gasteiger partial charge is 0.128 e. The highest BCUT2D eigenvalue weighted by Crippen LogP contribution is 2.08. The molecule has 15 heavy (non-hydrogen) atoms. The van der Waals surface area contributed by atoms with E-state index in [9.17, 15) is 0 Å². The minimum Gasteiger partial charge on any atom is -0.271 e. The summed E-state index contributed by atoms with van der Waals surface area (Å²) in [7, 11) is 0. The molecule has 0 aliphatic rings. The first-order valence-electron chi connectivity index (χ1n) is 4.84. The Labute approximate surface area is 97.3 Å². The molecule has 2 aromatic rings. The molecule has 0 atom stereocenters. The monoisotopic (exact) mass is 265 g/mol. The second-order valence-electron chi connectivity index (χ2n) is 3.45. The zero-order valence-corrected chi connectivity index (χ0v) is 10.1. The lowest BCUT2D eigenvalue weighted by molar-refractivity contribution is 0.610. The highest BCUT2D eigenvalue weighted by atomic mass is 79.9. The van der Waals surface area contributed by atoms with Crippen LogP contribution in [0.1, 0.15) is 11.1 Å². The van der Waals surface area contributed by atoms with Crippen LogP contribution in [-0.4, -0.2) is 14.8 Å². The van der Waals surface area contributed by atoms with Gasteiger partial charge in [-0.05, 0) is 52.5 Å². The van der Waals surface area contributed by atoms with E-state index in [1.165, 1.54) is 11.1 Å². The van der Waals surface area contributed by atoms with Gasteiger partial charge in [-0.1, -0.05) is 0 Å². The molecule has 0 aliphatic heterocycles. The van der Waals surface area contributed by atoms with Gasteiger partial charge in [0.1, 0.15) is 4.60 Å². The first-order chi connectivity index (χ1) is 7.25. The standard InChI is InChI=1S/C11H12BrN3/c1-9-8-13-5-2-10(9)3-6-15-7-4-11(12)14-15/h2,4-5,7-8H,3,6H2,1H3. The summed E-state index contributed by atoms with van der Waals surface area (Å²) in [5.74, 6) is 0. The van der Waals surface area contributed by atoms with Crippen LogP contribution in [0.5, 0.6) is 0 Å². The van der Waals surface area contributed by atoms with Gasteiger partial charge in [-0.25, -0.2) is 0 Å². The Morgan fingerprint density at radius 2 is 2.27 bits per heavy atom. The molecule has 2 heterocycles. The third-order valence-corrected chi connectivity index (χ3v) is 2.78. The van der Waals surface area contributed by atoms with Gasteiger partial charge in [-0.3, -0.25) is 9.67 Å². The van der Waals surface area contributed by atoms with Gasteiger partial charge in [0.25, 0.3) is 0 Å². The van der Waals surface area contributed by atoms with Crippen molar-refractivity contribution in [3.05, 3.63) is 46.5 Å². The lowest BCUT2D eigenvalue weighted by atomic mass is 10.1. The molecule has 0 amide bonds. The van der Waals surface area contributed by atoms with Crippen LogP contribution in [0.25, 0.3) is 0 Å². The summed E-state index contributed by atoms with van der Waals surface area (Å²) in [5.41, 5.74) is 2.57. The third-order valence-electron chi connectivity index (χ3n) is 2.35. The molecule has 4 heteroatoms. The van der Waals surface area contributed by atoms with Crippen molar-refractivity contribution in [1.82, 2.24) is 14.8 Å². The second kappa shape index (κ2) is 4.57. The van der Waals surface area contributed by atoms with E-state index in [-0.39, 0.29) is 0 Å². The number of nitrogens with zero attached hydrogens (tertiary/aromatic N) is 3. The molecule has 0 bridgehead atoms. The van der Waals surface area contributed by atoms with Crippen molar-refractivity contribution in [2.24, 2.45) is 0 Å². The Kier molecular flexibility index (Phi) is 3.16. The maximum Gasteiger partial charge on any atom is 0.128 e. The highest BCUT2D eigenvalue weighted by Gasteiger charge is 1.99. The fourth-order valence-corrected chi connectivity index (χ4v) is 1.80. The molecule has 78 valence electrons. The zero-order valence-electron chi connectivity index (χ0n) is 8.52. The molecule has 0 radical (unpaired) electrons. The predicted molar refractivity (Wildman–Crippen MR) is 62.6 cm³/mol. The number of hydrogen-bond donors (Lipinski definition) is 0. The topological polar surface area (TPSA) is 30.7 Å². The van der Waals surface area contributed by atoms with Crippen molar-refractivity contribution in [3.8, 4) is 0 Å². The molecule has 0 saturated carbocycles. The molecular formula is C11H12BrN3. The molecule has 0 fully saturated rings. The molecule has 0 aliphatic carbocycles. The zero-order chi connectivity index (χ0) is 10.7. The van der Waals surface area contributed by atoms with E-state index in [1.54, 1.807) is 0 Å². The molecule has 3 nitrogen and oxygen atoms in total. The summed E-state index contributed by atoms with van der Waals surface area (Å²) < 4.78 is 2.82. The Morgan fingerprint density at radius 3 is 2.93 bits per heavy atom. The lowest BCUT2D eigenvalue weighted by Crippen LogP contribution is -2.03. The fraction of sp³-hybridized carbons (Fsp3) is 0.273. The number of halogens is 1. The normalized spacial score (nSPS) is 10.5. The van der Waals surface area contributed by atoms with E-state index >= 15 is 0 Å². The summed E-state index contributed by atoms with van der Waals surface area (Å²) in [4.78, 5) is 4.07. The van der Waals surface area contributed by atoms with Crippen LogP contribution in [0.15, 0.2) is 35.3 Å². The van der Waals surface area contributed by atoms with Crippen molar-refractivity contribution in [3.63, 3.8) is 0 Å². The number of rotatable bonds is 3. The maximum absolute atomic E-state index is 4.27. The van der Waals surface area contributed by atoms with Crippen LogP contribution in [0.3, 0.4) is 0 Å². The summed E-state index contributed by atoms with van der Waals surface area (Å²) in [6.07, 6.45) is 6.69. The number of aryl methyl sites for hydroxylation is 3. The molecule has 0 aromatic carbocycles. The molecular weight excluding hydrogens is 254 g/mol.